The van der Waals surface area contributed by atoms with Gasteiger partial charge in [-0.15, -0.1) is 16.4 Å². The van der Waals surface area contributed by atoms with E-state index in [-0.39, 0.29) is 0 Å². The zero-order valence-electron chi connectivity index (χ0n) is 18.1. The Morgan fingerprint density at radius 2 is 1.90 bits per heavy atom. The molecule has 2 aliphatic carbocycles. The smallest absolute Gasteiger partial charge is 0.167 e. The zero-order valence-corrected chi connectivity index (χ0v) is 19.0. The van der Waals surface area contributed by atoms with Crippen molar-refractivity contribution in [3.63, 3.8) is 0 Å². The van der Waals surface area contributed by atoms with E-state index in [1.165, 1.54) is 39.8 Å². The van der Waals surface area contributed by atoms with Crippen molar-refractivity contribution >= 4 is 27.2 Å². The topological polar surface area (TPSA) is 43.1 Å². The van der Waals surface area contributed by atoms with Gasteiger partial charge in [-0.05, 0) is 61.0 Å². The molecule has 3 atom stereocenters. The SMILES string of the molecule is Cc1ccc([C@H]2C[C@H]2c2nc3c4c5c(sc4ncn3n2)C[C@H](C(C)(C)C)CC5)cc1. The predicted octanol–water partition coefficient (Wildman–Crippen LogP) is 6.07. The number of hydrogen-bond acceptors (Lipinski definition) is 4. The molecule has 0 unspecified atom stereocenters. The lowest BCUT2D eigenvalue weighted by Crippen LogP contribution is -2.26. The Morgan fingerprint density at radius 3 is 2.67 bits per heavy atom. The van der Waals surface area contributed by atoms with Crippen LogP contribution < -0.4 is 0 Å². The van der Waals surface area contributed by atoms with Crippen LogP contribution in [0.5, 0.6) is 0 Å². The molecular weight excluding hydrogens is 388 g/mol. The van der Waals surface area contributed by atoms with E-state index in [4.69, 9.17) is 15.1 Å². The molecule has 0 bridgehead atoms. The first-order valence-electron chi connectivity index (χ1n) is 11.1. The third-order valence-electron chi connectivity index (χ3n) is 7.25. The third-order valence-corrected chi connectivity index (χ3v) is 8.42. The number of aryl methyl sites for hydroxylation is 2. The Hall–Kier alpha value is -2.27. The molecule has 6 rings (SSSR count). The van der Waals surface area contributed by atoms with Crippen molar-refractivity contribution in [1.29, 1.82) is 0 Å². The van der Waals surface area contributed by atoms with E-state index < -0.39 is 0 Å². The van der Waals surface area contributed by atoms with Gasteiger partial charge in [0, 0.05) is 10.8 Å². The highest BCUT2D eigenvalue weighted by atomic mass is 32.1. The highest BCUT2D eigenvalue weighted by molar-refractivity contribution is 7.19. The van der Waals surface area contributed by atoms with Crippen molar-refractivity contribution < 1.29 is 0 Å². The van der Waals surface area contributed by atoms with Crippen LogP contribution in [-0.2, 0) is 12.8 Å². The predicted molar refractivity (Wildman–Crippen MR) is 122 cm³/mol. The first kappa shape index (κ1) is 18.5. The van der Waals surface area contributed by atoms with Gasteiger partial charge in [0.1, 0.15) is 11.2 Å². The Labute approximate surface area is 181 Å². The van der Waals surface area contributed by atoms with Gasteiger partial charge in [0.05, 0.1) is 5.39 Å². The second-order valence-electron chi connectivity index (χ2n) is 10.3. The summed E-state index contributed by atoms with van der Waals surface area (Å²) in [5.74, 6) is 2.71. The van der Waals surface area contributed by atoms with Crippen molar-refractivity contribution in [2.45, 2.75) is 65.2 Å². The van der Waals surface area contributed by atoms with E-state index in [9.17, 15) is 0 Å². The Morgan fingerprint density at radius 1 is 1.10 bits per heavy atom. The summed E-state index contributed by atoms with van der Waals surface area (Å²) >= 11 is 1.87. The van der Waals surface area contributed by atoms with E-state index in [1.54, 1.807) is 0 Å². The lowest BCUT2D eigenvalue weighted by atomic mass is 9.72. The fraction of sp³-hybridized carbons (Fsp3) is 0.480. The molecule has 0 saturated heterocycles. The molecule has 0 N–H and O–H groups in total. The number of rotatable bonds is 2. The molecule has 1 aromatic carbocycles. The molecule has 3 heterocycles. The molecule has 2 aliphatic rings. The third kappa shape index (κ3) is 2.89. The van der Waals surface area contributed by atoms with Crippen molar-refractivity contribution in [3.05, 3.63) is 58.0 Å². The standard InChI is InChI=1S/C25H28N4S/c1-14-5-7-15(8-6-14)18-12-19(18)22-27-23-21-17-10-9-16(25(2,3)4)11-20(17)30-24(21)26-13-29(23)28-22/h5-8,13,16,18-19H,9-12H2,1-4H3/t16-,18-,19-/m1/s1. The van der Waals surface area contributed by atoms with Crippen molar-refractivity contribution in [2.24, 2.45) is 11.3 Å². The average Bonchev–Trinajstić information content (AvgIpc) is 3.24. The summed E-state index contributed by atoms with van der Waals surface area (Å²) in [7, 11) is 0. The van der Waals surface area contributed by atoms with Gasteiger partial charge in [-0.1, -0.05) is 50.6 Å². The molecule has 0 amide bonds. The first-order valence-corrected chi connectivity index (χ1v) is 11.9. The van der Waals surface area contributed by atoms with Gasteiger partial charge in [-0.25, -0.2) is 14.5 Å². The fourth-order valence-electron chi connectivity index (χ4n) is 5.15. The van der Waals surface area contributed by atoms with Crippen molar-refractivity contribution in [2.75, 3.05) is 0 Å². The van der Waals surface area contributed by atoms with Gasteiger partial charge in [0.2, 0.25) is 0 Å². The van der Waals surface area contributed by atoms with Crippen LogP contribution in [0.4, 0.5) is 0 Å². The largest absolute Gasteiger partial charge is 0.225 e. The second-order valence-corrected chi connectivity index (χ2v) is 11.4. The molecule has 4 nitrogen and oxygen atoms in total. The molecule has 0 aliphatic heterocycles. The van der Waals surface area contributed by atoms with E-state index >= 15 is 0 Å². The number of hydrogen-bond donors (Lipinski definition) is 0. The van der Waals surface area contributed by atoms with Crippen LogP contribution >= 0.6 is 11.3 Å². The molecule has 154 valence electrons. The minimum Gasteiger partial charge on any atom is -0.225 e. The molecule has 4 aromatic rings. The van der Waals surface area contributed by atoms with Crippen LogP contribution in [0.25, 0.3) is 15.9 Å². The minimum atomic E-state index is 0.357. The second kappa shape index (κ2) is 6.36. The van der Waals surface area contributed by atoms with Crippen LogP contribution in [0.3, 0.4) is 0 Å². The van der Waals surface area contributed by atoms with E-state index in [2.05, 4.69) is 52.0 Å². The van der Waals surface area contributed by atoms with Crippen LogP contribution in [-0.4, -0.2) is 19.6 Å². The van der Waals surface area contributed by atoms with E-state index in [1.807, 2.05) is 22.2 Å². The molecule has 30 heavy (non-hydrogen) atoms. The van der Waals surface area contributed by atoms with Crippen LogP contribution in [0.15, 0.2) is 30.6 Å². The Balaban J connectivity index is 1.37. The van der Waals surface area contributed by atoms with Crippen LogP contribution in [0, 0.1) is 18.3 Å². The van der Waals surface area contributed by atoms with E-state index in [0.717, 1.165) is 35.1 Å². The summed E-state index contributed by atoms with van der Waals surface area (Å²) in [5, 5.41) is 6.11. The number of benzene rings is 1. The van der Waals surface area contributed by atoms with Gasteiger partial charge in [-0.2, -0.15) is 0 Å². The molecule has 0 radical (unpaired) electrons. The average molecular weight is 417 g/mol. The summed E-state index contributed by atoms with van der Waals surface area (Å²) in [6.45, 7) is 9.26. The summed E-state index contributed by atoms with van der Waals surface area (Å²) in [5.41, 5.74) is 5.57. The van der Waals surface area contributed by atoms with E-state index in [0.29, 0.717) is 17.3 Å². The summed E-state index contributed by atoms with van der Waals surface area (Å²) < 4.78 is 1.92. The normalized spacial score (nSPS) is 23.8. The first-order chi connectivity index (χ1) is 14.4. The van der Waals surface area contributed by atoms with Crippen molar-refractivity contribution in [3.8, 4) is 0 Å². The number of aromatic nitrogens is 4. The maximum absolute atomic E-state index is 5.06. The van der Waals surface area contributed by atoms with Gasteiger partial charge in [0.25, 0.3) is 0 Å². The number of fused-ring (bicyclic) bond motifs is 5. The molecular formula is C25H28N4S. The quantitative estimate of drug-likeness (QED) is 0.398. The summed E-state index contributed by atoms with van der Waals surface area (Å²) in [6.07, 6.45) is 6.57. The highest BCUT2D eigenvalue weighted by Gasteiger charge is 2.42. The molecule has 1 saturated carbocycles. The van der Waals surface area contributed by atoms with Gasteiger partial charge < -0.3 is 0 Å². The molecule has 1 fully saturated rings. The maximum atomic E-state index is 5.06. The summed E-state index contributed by atoms with van der Waals surface area (Å²) in [6, 6.07) is 8.93. The Kier molecular flexibility index (Phi) is 3.92. The van der Waals surface area contributed by atoms with Crippen molar-refractivity contribution in [1.82, 2.24) is 19.6 Å². The molecule has 3 aromatic heterocycles. The summed E-state index contributed by atoms with van der Waals surface area (Å²) in [4.78, 5) is 12.5. The minimum absolute atomic E-state index is 0.357. The van der Waals surface area contributed by atoms with Gasteiger partial charge in [-0.3, -0.25) is 0 Å². The highest BCUT2D eigenvalue weighted by Crippen LogP contribution is 2.54. The van der Waals surface area contributed by atoms with Crippen LogP contribution in [0.2, 0.25) is 0 Å². The lowest BCUT2D eigenvalue weighted by molar-refractivity contribution is 0.218. The zero-order chi connectivity index (χ0) is 20.6. The number of nitrogens with zero attached hydrogens (tertiary/aromatic N) is 4. The lowest BCUT2D eigenvalue weighted by Gasteiger charge is -2.33. The van der Waals surface area contributed by atoms with Crippen LogP contribution in [0.1, 0.15) is 72.8 Å². The number of thiophene rings is 1. The molecule has 0 spiro atoms. The maximum Gasteiger partial charge on any atom is 0.167 e. The van der Waals surface area contributed by atoms with Gasteiger partial charge in [0.15, 0.2) is 11.5 Å². The molecule has 5 heteroatoms. The monoisotopic (exact) mass is 416 g/mol. The van der Waals surface area contributed by atoms with Gasteiger partial charge >= 0.3 is 0 Å². The Bertz CT molecular complexity index is 1260. The fourth-order valence-corrected chi connectivity index (χ4v) is 6.41.